The third-order valence-electron chi connectivity index (χ3n) is 4.33. The van der Waals surface area contributed by atoms with Crippen LogP contribution in [0.1, 0.15) is 19.8 Å². The Balaban J connectivity index is 1.79. The molecule has 2 rings (SSSR count). The van der Waals surface area contributed by atoms with Crippen molar-refractivity contribution in [3.63, 3.8) is 0 Å². The highest BCUT2D eigenvalue weighted by molar-refractivity contribution is 7.89. The summed E-state index contributed by atoms with van der Waals surface area (Å²) in [6.45, 7) is 6.27. The molecule has 2 fully saturated rings. The molecule has 0 N–H and O–H groups in total. The van der Waals surface area contributed by atoms with E-state index in [0.29, 0.717) is 25.4 Å². The molecule has 0 aliphatic carbocycles. The monoisotopic (exact) mass is 303 g/mol. The van der Waals surface area contributed by atoms with E-state index in [1.165, 1.54) is 0 Å². The number of hydrogen-bond acceptors (Lipinski definition) is 4. The Morgan fingerprint density at radius 2 is 1.85 bits per heavy atom. The lowest BCUT2D eigenvalue weighted by atomic mass is 9.97. The molecule has 2 heterocycles. The molecule has 1 unspecified atom stereocenters. The quantitative estimate of drug-likeness (QED) is 0.723. The Morgan fingerprint density at radius 1 is 1.20 bits per heavy atom. The molecule has 0 aromatic carbocycles. The molecular weight excluding hydrogens is 278 g/mol. The van der Waals surface area contributed by atoms with Crippen LogP contribution in [0.4, 0.5) is 0 Å². The molecule has 1 atom stereocenters. The van der Waals surface area contributed by atoms with Gasteiger partial charge < -0.3 is 9.80 Å². The first-order chi connectivity index (χ1) is 9.42. The van der Waals surface area contributed by atoms with Crippen molar-refractivity contribution in [2.24, 2.45) is 5.92 Å². The maximum atomic E-state index is 11.8. The highest BCUT2D eigenvalue weighted by Gasteiger charge is 2.28. The fraction of sp³-hybridized carbons (Fsp3) is 0.923. The highest BCUT2D eigenvalue weighted by atomic mass is 32.2. The van der Waals surface area contributed by atoms with Crippen LogP contribution in [0.5, 0.6) is 0 Å². The van der Waals surface area contributed by atoms with Crippen LogP contribution >= 0.6 is 0 Å². The third kappa shape index (κ3) is 3.71. The van der Waals surface area contributed by atoms with E-state index in [0.717, 1.165) is 32.6 Å². The van der Waals surface area contributed by atoms with Crippen LogP contribution in [0.3, 0.4) is 0 Å². The summed E-state index contributed by atoms with van der Waals surface area (Å²) in [6, 6.07) is 0. The number of amides is 1. The van der Waals surface area contributed by atoms with E-state index in [1.807, 2.05) is 11.9 Å². The van der Waals surface area contributed by atoms with E-state index in [1.54, 1.807) is 11.2 Å². The Labute approximate surface area is 121 Å². The summed E-state index contributed by atoms with van der Waals surface area (Å²) in [6.07, 6.45) is 1.60. The molecule has 116 valence electrons. The van der Waals surface area contributed by atoms with E-state index in [9.17, 15) is 13.2 Å². The maximum absolute atomic E-state index is 11.8. The average molecular weight is 303 g/mol. The lowest BCUT2D eigenvalue weighted by Crippen LogP contribution is -2.51. The van der Waals surface area contributed by atoms with Gasteiger partial charge in [-0.3, -0.25) is 4.79 Å². The largest absolute Gasteiger partial charge is 0.345 e. The minimum atomic E-state index is -3.04. The zero-order valence-corrected chi connectivity index (χ0v) is 13.2. The van der Waals surface area contributed by atoms with Crippen molar-refractivity contribution in [3.05, 3.63) is 0 Å². The van der Waals surface area contributed by atoms with Gasteiger partial charge in [-0.25, -0.2) is 8.42 Å². The van der Waals surface area contributed by atoms with Crippen LogP contribution in [0.25, 0.3) is 0 Å². The summed E-state index contributed by atoms with van der Waals surface area (Å²) in [7, 11) is -1.18. The van der Waals surface area contributed by atoms with Crippen LogP contribution < -0.4 is 0 Å². The van der Waals surface area contributed by atoms with Crippen LogP contribution in [0, 0.1) is 5.92 Å². The van der Waals surface area contributed by atoms with Gasteiger partial charge in [-0.15, -0.1) is 0 Å². The van der Waals surface area contributed by atoms with Crippen molar-refractivity contribution < 1.29 is 13.2 Å². The fourth-order valence-corrected chi connectivity index (χ4v) is 4.07. The molecule has 20 heavy (non-hydrogen) atoms. The smallest absolute Gasteiger partial charge is 0.222 e. The summed E-state index contributed by atoms with van der Waals surface area (Å²) >= 11 is 0. The van der Waals surface area contributed by atoms with E-state index in [4.69, 9.17) is 0 Å². The van der Waals surface area contributed by atoms with Crippen molar-refractivity contribution in [1.82, 2.24) is 14.1 Å². The van der Waals surface area contributed by atoms with E-state index >= 15 is 0 Å². The standard InChI is InChI=1S/C13H25N3O3S/c1-3-20(18,19)16-8-6-15(7-9-16)11-12-4-5-13(17)14(2)10-12/h12H,3-11H2,1-2H3. The van der Waals surface area contributed by atoms with E-state index in [-0.39, 0.29) is 11.7 Å². The van der Waals surface area contributed by atoms with Gasteiger partial charge in [-0.05, 0) is 19.3 Å². The maximum Gasteiger partial charge on any atom is 0.222 e. The Morgan fingerprint density at radius 3 is 2.40 bits per heavy atom. The molecule has 2 aliphatic heterocycles. The molecule has 7 heteroatoms. The summed E-state index contributed by atoms with van der Waals surface area (Å²) in [5.41, 5.74) is 0. The third-order valence-corrected chi connectivity index (χ3v) is 6.21. The molecule has 6 nitrogen and oxygen atoms in total. The molecule has 0 bridgehead atoms. The highest BCUT2D eigenvalue weighted by Crippen LogP contribution is 2.18. The lowest BCUT2D eigenvalue weighted by molar-refractivity contribution is -0.133. The number of piperidine rings is 1. The minimum Gasteiger partial charge on any atom is -0.345 e. The molecule has 0 aromatic heterocycles. The Kier molecular flexibility index (Phi) is 5.04. The second-order valence-corrected chi connectivity index (χ2v) is 8.04. The van der Waals surface area contributed by atoms with Gasteiger partial charge in [0.2, 0.25) is 15.9 Å². The van der Waals surface area contributed by atoms with Crippen LogP contribution in [-0.4, -0.2) is 80.5 Å². The Hall–Kier alpha value is -0.660. The number of rotatable bonds is 4. The zero-order chi connectivity index (χ0) is 14.8. The van der Waals surface area contributed by atoms with Crippen LogP contribution in [-0.2, 0) is 14.8 Å². The van der Waals surface area contributed by atoms with Crippen molar-refractivity contribution in [3.8, 4) is 0 Å². The number of carbonyl (C=O) groups excluding carboxylic acids is 1. The zero-order valence-electron chi connectivity index (χ0n) is 12.4. The SMILES string of the molecule is CCS(=O)(=O)N1CCN(CC2CCC(=O)N(C)C2)CC1. The first-order valence-corrected chi connectivity index (χ1v) is 8.97. The van der Waals surface area contributed by atoms with Gasteiger partial charge in [0.15, 0.2) is 0 Å². The molecule has 0 spiro atoms. The van der Waals surface area contributed by atoms with Crippen molar-refractivity contribution >= 4 is 15.9 Å². The minimum absolute atomic E-state index is 0.183. The average Bonchev–Trinajstić information content (AvgIpc) is 2.43. The van der Waals surface area contributed by atoms with Gasteiger partial charge >= 0.3 is 0 Å². The number of carbonyl (C=O) groups is 1. The predicted molar refractivity (Wildman–Crippen MR) is 77.8 cm³/mol. The van der Waals surface area contributed by atoms with Gasteiger partial charge in [0.25, 0.3) is 0 Å². The predicted octanol–water partition coefficient (Wildman–Crippen LogP) is -0.178. The number of hydrogen-bond donors (Lipinski definition) is 0. The van der Waals surface area contributed by atoms with Crippen molar-refractivity contribution in [2.75, 3.05) is 52.1 Å². The molecule has 2 saturated heterocycles. The normalized spacial score (nSPS) is 27.0. The molecule has 0 radical (unpaired) electrons. The molecule has 0 saturated carbocycles. The van der Waals surface area contributed by atoms with Gasteiger partial charge in [-0.2, -0.15) is 4.31 Å². The van der Waals surface area contributed by atoms with Gasteiger partial charge in [-0.1, -0.05) is 0 Å². The van der Waals surface area contributed by atoms with E-state index < -0.39 is 10.0 Å². The van der Waals surface area contributed by atoms with Crippen LogP contribution in [0.15, 0.2) is 0 Å². The topological polar surface area (TPSA) is 60.9 Å². The van der Waals surface area contributed by atoms with Crippen LogP contribution in [0.2, 0.25) is 0 Å². The second-order valence-electron chi connectivity index (χ2n) is 5.78. The molecular formula is C13H25N3O3S. The van der Waals surface area contributed by atoms with Crippen molar-refractivity contribution in [1.29, 1.82) is 0 Å². The number of sulfonamides is 1. The fourth-order valence-electron chi connectivity index (χ4n) is 2.99. The molecule has 2 aliphatic rings. The summed E-state index contributed by atoms with van der Waals surface area (Å²) in [5, 5.41) is 0. The van der Waals surface area contributed by atoms with E-state index in [2.05, 4.69) is 4.90 Å². The first-order valence-electron chi connectivity index (χ1n) is 7.36. The lowest BCUT2D eigenvalue weighted by Gasteiger charge is -2.38. The summed E-state index contributed by atoms with van der Waals surface area (Å²) < 4.78 is 25.2. The summed E-state index contributed by atoms with van der Waals surface area (Å²) in [5.74, 6) is 0.940. The van der Waals surface area contributed by atoms with Gasteiger partial charge in [0.05, 0.1) is 5.75 Å². The van der Waals surface area contributed by atoms with Crippen molar-refractivity contribution in [2.45, 2.75) is 19.8 Å². The summed E-state index contributed by atoms with van der Waals surface area (Å²) in [4.78, 5) is 15.6. The number of piperazine rings is 1. The molecule has 1 amide bonds. The first kappa shape index (κ1) is 15.7. The van der Waals surface area contributed by atoms with Gasteiger partial charge in [0.1, 0.15) is 0 Å². The Bertz CT molecular complexity index is 444. The molecule has 0 aromatic rings. The number of likely N-dealkylation sites (tertiary alicyclic amines) is 1. The van der Waals surface area contributed by atoms with Gasteiger partial charge in [0, 0.05) is 52.7 Å². The second kappa shape index (κ2) is 6.41. The number of nitrogens with zero attached hydrogens (tertiary/aromatic N) is 3.